The van der Waals surface area contributed by atoms with Gasteiger partial charge >= 0.3 is 0 Å². The number of fused-ring (bicyclic) bond motifs is 4. The van der Waals surface area contributed by atoms with Crippen LogP contribution in [0.2, 0.25) is 0 Å². The molecule has 3 heterocycles. The fourth-order valence-corrected chi connectivity index (χ4v) is 4.82. The first-order valence-corrected chi connectivity index (χ1v) is 10.4. The smallest absolute Gasteiger partial charge is 0.200 e. The van der Waals surface area contributed by atoms with Crippen molar-refractivity contribution in [2.75, 3.05) is 11.1 Å². The second kappa shape index (κ2) is 7.47. The number of nitrogens with one attached hydrogen (secondary N) is 2. The van der Waals surface area contributed by atoms with Crippen LogP contribution in [-0.2, 0) is 4.79 Å². The SMILES string of the molecule is CC(=O)C1=C2CCC(CC2)C1Nc1nc(C(=N)c2cc(F)cnc2N)nn2ccc(F)c12. The van der Waals surface area contributed by atoms with E-state index in [4.69, 9.17) is 11.1 Å². The average molecular weight is 437 g/mol. The van der Waals surface area contributed by atoms with E-state index >= 15 is 0 Å². The summed E-state index contributed by atoms with van der Waals surface area (Å²) in [5.41, 5.74) is 7.61. The number of nitrogen functional groups attached to an aromatic ring is 1. The van der Waals surface area contributed by atoms with E-state index in [1.165, 1.54) is 16.8 Å². The number of halogens is 2. The quantitative estimate of drug-likeness (QED) is 0.527. The number of aromatic nitrogens is 4. The fourth-order valence-electron chi connectivity index (χ4n) is 4.82. The molecular formula is C22H21F2N7O. The molecule has 3 aromatic heterocycles. The van der Waals surface area contributed by atoms with E-state index in [0.29, 0.717) is 0 Å². The molecule has 3 aliphatic rings. The molecule has 0 saturated heterocycles. The van der Waals surface area contributed by atoms with Crippen molar-refractivity contribution in [1.82, 2.24) is 19.6 Å². The van der Waals surface area contributed by atoms with Gasteiger partial charge in [0.05, 0.1) is 12.2 Å². The number of nitrogens with two attached hydrogens (primary N) is 1. The Morgan fingerprint density at radius 2 is 2.06 bits per heavy atom. The van der Waals surface area contributed by atoms with Crippen LogP contribution in [-0.4, -0.2) is 37.1 Å². The summed E-state index contributed by atoms with van der Waals surface area (Å²) in [7, 11) is 0. The van der Waals surface area contributed by atoms with E-state index < -0.39 is 11.6 Å². The summed E-state index contributed by atoms with van der Waals surface area (Å²) in [6, 6.07) is 2.04. The molecule has 1 saturated carbocycles. The molecule has 3 aromatic rings. The van der Waals surface area contributed by atoms with Gasteiger partial charge in [-0.1, -0.05) is 5.57 Å². The highest BCUT2D eigenvalue weighted by Crippen LogP contribution is 2.43. The molecule has 3 aliphatic carbocycles. The zero-order chi connectivity index (χ0) is 22.6. The van der Waals surface area contributed by atoms with Gasteiger partial charge < -0.3 is 11.1 Å². The molecule has 0 amide bonds. The first-order valence-electron chi connectivity index (χ1n) is 10.4. The number of carbonyl (C=O) groups excluding carboxylic acids is 1. The van der Waals surface area contributed by atoms with Crippen LogP contribution in [0.25, 0.3) is 5.52 Å². The number of hydrogen-bond donors (Lipinski definition) is 3. The van der Waals surface area contributed by atoms with Crippen LogP contribution < -0.4 is 11.1 Å². The third kappa shape index (κ3) is 3.22. The van der Waals surface area contributed by atoms with Crippen LogP contribution in [0.3, 0.4) is 0 Å². The van der Waals surface area contributed by atoms with E-state index in [1.807, 2.05) is 0 Å². The van der Waals surface area contributed by atoms with E-state index in [9.17, 15) is 13.6 Å². The van der Waals surface area contributed by atoms with Crippen LogP contribution in [0.15, 0.2) is 35.7 Å². The molecule has 0 aliphatic heterocycles. The average Bonchev–Trinajstić information content (AvgIpc) is 3.16. The maximum atomic E-state index is 14.6. The van der Waals surface area contributed by atoms with Gasteiger partial charge in [0.1, 0.15) is 22.9 Å². The molecule has 6 rings (SSSR count). The summed E-state index contributed by atoms with van der Waals surface area (Å²) in [5.74, 6) is -0.909. The molecule has 1 unspecified atom stereocenters. The van der Waals surface area contributed by atoms with Crippen molar-refractivity contribution in [3.05, 3.63) is 58.7 Å². The Bertz CT molecular complexity index is 1300. The van der Waals surface area contributed by atoms with Crippen LogP contribution >= 0.6 is 0 Å². The largest absolute Gasteiger partial charge is 0.383 e. The number of carbonyl (C=O) groups is 1. The van der Waals surface area contributed by atoms with Crippen molar-refractivity contribution in [3.8, 4) is 0 Å². The Morgan fingerprint density at radius 3 is 2.78 bits per heavy atom. The number of anilines is 2. The molecule has 2 bridgehead atoms. The van der Waals surface area contributed by atoms with Gasteiger partial charge in [0, 0.05) is 17.3 Å². The number of hydrogen-bond acceptors (Lipinski definition) is 7. The van der Waals surface area contributed by atoms with Gasteiger partial charge in [0.2, 0.25) is 5.82 Å². The maximum Gasteiger partial charge on any atom is 0.200 e. The van der Waals surface area contributed by atoms with Crippen molar-refractivity contribution in [3.63, 3.8) is 0 Å². The Balaban J connectivity index is 1.61. The van der Waals surface area contributed by atoms with Crippen molar-refractivity contribution in [1.29, 1.82) is 5.41 Å². The molecule has 32 heavy (non-hydrogen) atoms. The molecule has 4 N–H and O–H groups in total. The number of Topliss-reactive ketones (excluding diaryl/α,β-unsaturated/α-hetero) is 1. The molecule has 0 spiro atoms. The third-order valence-electron chi connectivity index (χ3n) is 6.31. The van der Waals surface area contributed by atoms with Gasteiger partial charge in [-0.15, -0.1) is 5.10 Å². The predicted molar refractivity (Wildman–Crippen MR) is 115 cm³/mol. The molecule has 0 aromatic carbocycles. The summed E-state index contributed by atoms with van der Waals surface area (Å²) in [6.07, 6.45) is 6.07. The Morgan fingerprint density at radius 1 is 1.31 bits per heavy atom. The second-order valence-corrected chi connectivity index (χ2v) is 8.24. The van der Waals surface area contributed by atoms with E-state index in [0.717, 1.165) is 49.1 Å². The predicted octanol–water partition coefficient (Wildman–Crippen LogP) is 3.27. The minimum atomic E-state index is -0.652. The zero-order valence-electron chi connectivity index (χ0n) is 17.3. The van der Waals surface area contributed by atoms with Crippen LogP contribution in [0.4, 0.5) is 20.4 Å². The lowest BCUT2D eigenvalue weighted by Gasteiger charge is -2.40. The Kier molecular flexibility index (Phi) is 4.72. The van der Waals surface area contributed by atoms with Gasteiger partial charge in [-0.25, -0.2) is 23.3 Å². The summed E-state index contributed by atoms with van der Waals surface area (Å²) in [5, 5.41) is 16.0. The first kappa shape index (κ1) is 20.2. The number of pyridine rings is 1. The number of rotatable bonds is 5. The maximum absolute atomic E-state index is 14.6. The highest BCUT2D eigenvalue weighted by Gasteiger charge is 2.38. The highest BCUT2D eigenvalue weighted by atomic mass is 19.1. The standard InChI is InChI=1S/C22H21F2N7O/c1-10(32)16-11-2-4-12(5-3-11)18(16)28-22-19-15(24)6-7-31(19)30-21(29-22)17(25)14-8-13(23)9-27-20(14)26/h6-9,12,18,25H,2-5H2,1H3,(H2,26,27)(H,28,29,30). The molecule has 164 valence electrons. The molecule has 0 radical (unpaired) electrons. The topological polar surface area (TPSA) is 122 Å². The number of nitrogens with zero attached hydrogens (tertiary/aromatic N) is 4. The normalized spacial score (nSPS) is 20.1. The Labute approximate surface area is 182 Å². The van der Waals surface area contributed by atoms with Gasteiger partial charge in [-0.2, -0.15) is 0 Å². The van der Waals surface area contributed by atoms with Crippen molar-refractivity contribution in [2.24, 2.45) is 5.92 Å². The highest BCUT2D eigenvalue weighted by molar-refractivity contribution is 6.11. The van der Waals surface area contributed by atoms with E-state index in [2.05, 4.69) is 20.4 Å². The summed E-state index contributed by atoms with van der Waals surface area (Å²) in [4.78, 5) is 20.5. The summed E-state index contributed by atoms with van der Waals surface area (Å²) < 4.78 is 29.6. The van der Waals surface area contributed by atoms with E-state index in [-0.39, 0.29) is 52.0 Å². The van der Waals surface area contributed by atoms with Crippen molar-refractivity contribution >= 4 is 28.6 Å². The van der Waals surface area contributed by atoms with Gasteiger partial charge in [0.15, 0.2) is 17.4 Å². The lowest BCUT2D eigenvalue weighted by atomic mass is 9.69. The van der Waals surface area contributed by atoms with Crippen LogP contribution in [0.5, 0.6) is 0 Å². The van der Waals surface area contributed by atoms with Crippen molar-refractivity contribution < 1.29 is 13.6 Å². The second-order valence-electron chi connectivity index (χ2n) is 8.24. The summed E-state index contributed by atoms with van der Waals surface area (Å²) in [6.45, 7) is 1.55. The van der Waals surface area contributed by atoms with Crippen LogP contribution in [0.1, 0.15) is 44.0 Å². The molecule has 8 nitrogen and oxygen atoms in total. The van der Waals surface area contributed by atoms with Gasteiger partial charge in [0.25, 0.3) is 0 Å². The first-order chi connectivity index (χ1) is 15.3. The van der Waals surface area contributed by atoms with Crippen molar-refractivity contribution in [2.45, 2.75) is 38.6 Å². The van der Waals surface area contributed by atoms with Crippen LogP contribution in [0, 0.1) is 23.0 Å². The molecule has 10 heteroatoms. The lowest BCUT2D eigenvalue weighted by Crippen LogP contribution is -2.41. The van der Waals surface area contributed by atoms with Gasteiger partial charge in [-0.3, -0.25) is 10.2 Å². The minimum absolute atomic E-state index is 0.00518. The molecule has 1 fully saturated rings. The number of ketones is 1. The summed E-state index contributed by atoms with van der Waals surface area (Å²) >= 11 is 0. The van der Waals surface area contributed by atoms with E-state index in [1.54, 1.807) is 6.92 Å². The minimum Gasteiger partial charge on any atom is -0.383 e. The molecular weight excluding hydrogens is 416 g/mol. The number of allylic oxidation sites excluding steroid dienone is 1. The van der Waals surface area contributed by atoms with Gasteiger partial charge in [-0.05, 0) is 50.7 Å². The Hall–Kier alpha value is -3.69. The molecule has 1 atom stereocenters. The third-order valence-corrected chi connectivity index (χ3v) is 6.31. The lowest BCUT2D eigenvalue weighted by molar-refractivity contribution is -0.114. The zero-order valence-corrected chi connectivity index (χ0v) is 17.3. The monoisotopic (exact) mass is 437 g/mol. The fraction of sp³-hybridized carbons (Fsp3) is 0.318.